The van der Waals surface area contributed by atoms with Crippen LogP contribution in [0.4, 0.5) is 5.95 Å². The lowest BCUT2D eigenvalue weighted by Gasteiger charge is -2.17. The maximum Gasteiger partial charge on any atom is 0.252 e. The van der Waals surface area contributed by atoms with E-state index in [1.807, 2.05) is 65.0 Å². The van der Waals surface area contributed by atoms with Gasteiger partial charge in [0.2, 0.25) is 0 Å². The molecule has 0 unspecified atom stereocenters. The summed E-state index contributed by atoms with van der Waals surface area (Å²) in [6.45, 7) is 2.49. The number of rotatable bonds is 3. The summed E-state index contributed by atoms with van der Waals surface area (Å²) in [6, 6.07) is 19.8. The normalized spacial score (nSPS) is 12.9. The van der Waals surface area contributed by atoms with Crippen LogP contribution in [0, 0.1) is 6.92 Å². The molecule has 0 amide bonds. The predicted octanol–water partition coefficient (Wildman–Crippen LogP) is 5.72. The van der Waals surface area contributed by atoms with Gasteiger partial charge in [0.15, 0.2) is 0 Å². The topological polar surface area (TPSA) is 46.3 Å². The van der Waals surface area contributed by atoms with E-state index >= 15 is 0 Å². The molecule has 5 nitrogen and oxygen atoms in total. The maximum atomic E-state index is 6.15. The van der Waals surface area contributed by atoms with Gasteiger partial charge in [0.05, 0.1) is 16.6 Å². The zero-order valence-electron chi connectivity index (χ0n) is 15.4. The first-order valence-corrected chi connectivity index (χ1v) is 10.6. The Hall–Kier alpha value is -2.67. The van der Waals surface area contributed by atoms with Gasteiger partial charge in [0.1, 0.15) is 11.5 Å². The fourth-order valence-electron chi connectivity index (χ4n) is 3.40. The van der Waals surface area contributed by atoms with Gasteiger partial charge in [-0.3, -0.25) is 4.57 Å². The van der Waals surface area contributed by atoms with E-state index in [1.54, 1.807) is 0 Å². The van der Waals surface area contributed by atoms with Crippen LogP contribution in [-0.4, -0.2) is 20.5 Å². The second-order valence-electron chi connectivity index (χ2n) is 6.62. The molecule has 0 saturated heterocycles. The van der Waals surface area contributed by atoms with Gasteiger partial charge in [-0.15, -0.1) is 21.5 Å². The van der Waals surface area contributed by atoms with Crippen LogP contribution >= 0.6 is 34.5 Å². The minimum atomic E-state index is 0.542. The number of anilines is 1. The molecule has 144 valence electrons. The third-order valence-electron chi connectivity index (χ3n) is 4.71. The van der Waals surface area contributed by atoms with E-state index in [0.717, 1.165) is 37.6 Å². The van der Waals surface area contributed by atoms with Crippen LogP contribution in [0.15, 0.2) is 65.8 Å². The van der Waals surface area contributed by atoms with E-state index in [1.165, 1.54) is 11.3 Å². The highest BCUT2D eigenvalue weighted by atomic mass is 35.5. The van der Waals surface area contributed by atoms with E-state index in [4.69, 9.17) is 28.3 Å². The minimum Gasteiger partial charge on any atom is -0.263 e. The van der Waals surface area contributed by atoms with Crippen LogP contribution in [0.1, 0.15) is 21.8 Å². The number of para-hydroxylation sites is 1. The fraction of sp³-hybridized carbons (Fsp3) is 0.0952. The van der Waals surface area contributed by atoms with Crippen LogP contribution in [0.25, 0.3) is 5.69 Å². The van der Waals surface area contributed by atoms with Gasteiger partial charge in [-0.25, -0.2) is 5.01 Å². The number of benzene rings is 2. The molecule has 29 heavy (non-hydrogen) atoms. The highest BCUT2D eigenvalue weighted by Crippen LogP contribution is 2.32. The Balaban J connectivity index is 1.73. The van der Waals surface area contributed by atoms with Crippen molar-refractivity contribution >= 4 is 46.2 Å². The third kappa shape index (κ3) is 3.33. The van der Waals surface area contributed by atoms with Crippen LogP contribution in [0.2, 0.25) is 9.36 Å². The standard InChI is InChI=1S/C21H15Cl2N5S/c1-13-24-25-21-27(12-16-10-11-19(23)29-16)26-20(14-6-8-15(22)9-7-14)17-4-2-3-5-18(17)28(13)21/h2-11H,12H2,1H3. The molecule has 2 aromatic heterocycles. The summed E-state index contributed by atoms with van der Waals surface area (Å²) in [5.41, 5.74) is 3.83. The molecule has 0 saturated carbocycles. The van der Waals surface area contributed by atoms with Gasteiger partial charge in [0.25, 0.3) is 5.95 Å². The molecule has 0 aliphatic carbocycles. The van der Waals surface area contributed by atoms with E-state index in [0.29, 0.717) is 17.5 Å². The Labute approximate surface area is 181 Å². The average molecular weight is 440 g/mol. The highest BCUT2D eigenvalue weighted by molar-refractivity contribution is 7.16. The number of halogens is 2. The number of aryl methyl sites for hydroxylation is 1. The monoisotopic (exact) mass is 439 g/mol. The van der Waals surface area contributed by atoms with E-state index in [-0.39, 0.29) is 0 Å². The number of hydrazone groups is 1. The first kappa shape index (κ1) is 18.4. The van der Waals surface area contributed by atoms with E-state index in [9.17, 15) is 0 Å². The number of aromatic nitrogens is 3. The molecule has 0 radical (unpaired) electrons. The van der Waals surface area contributed by atoms with Gasteiger partial charge in [-0.2, -0.15) is 5.10 Å². The van der Waals surface area contributed by atoms with Crippen molar-refractivity contribution in [1.29, 1.82) is 0 Å². The van der Waals surface area contributed by atoms with Crippen LogP contribution in [0.3, 0.4) is 0 Å². The van der Waals surface area contributed by atoms with E-state index < -0.39 is 0 Å². The number of thiophene rings is 1. The van der Waals surface area contributed by atoms with Gasteiger partial charge in [0, 0.05) is 21.0 Å². The molecule has 0 fully saturated rings. The van der Waals surface area contributed by atoms with Crippen molar-refractivity contribution in [2.75, 3.05) is 5.01 Å². The summed E-state index contributed by atoms with van der Waals surface area (Å²) >= 11 is 13.8. The Kier molecular flexibility index (Phi) is 4.62. The SMILES string of the molecule is Cc1nnc2n1-c1ccccc1C(c1ccc(Cl)cc1)=NN2Cc1ccc(Cl)s1. The summed E-state index contributed by atoms with van der Waals surface area (Å²) in [5.74, 6) is 1.47. The Bertz CT molecular complexity index is 1230. The number of fused-ring (bicyclic) bond motifs is 3. The Morgan fingerprint density at radius 1 is 0.931 bits per heavy atom. The molecule has 2 aromatic carbocycles. The molecular formula is C21H15Cl2N5S. The molecule has 1 aliphatic rings. The lowest BCUT2D eigenvalue weighted by Crippen LogP contribution is -2.20. The summed E-state index contributed by atoms with van der Waals surface area (Å²) in [7, 11) is 0. The lowest BCUT2D eigenvalue weighted by molar-refractivity contribution is 0.804. The molecule has 0 N–H and O–H groups in total. The Morgan fingerprint density at radius 3 is 2.48 bits per heavy atom. The fourth-order valence-corrected chi connectivity index (χ4v) is 4.60. The predicted molar refractivity (Wildman–Crippen MR) is 119 cm³/mol. The molecule has 1 aliphatic heterocycles. The van der Waals surface area contributed by atoms with Gasteiger partial charge in [-0.05, 0) is 37.3 Å². The van der Waals surface area contributed by atoms with Crippen molar-refractivity contribution in [3.8, 4) is 5.69 Å². The molecule has 0 bridgehead atoms. The largest absolute Gasteiger partial charge is 0.263 e. The van der Waals surface area contributed by atoms with Gasteiger partial charge >= 0.3 is 0 Å². The Morgan fingerprint density at radius 2 is 1.72 bits per heavy atom. The smallest absolute Gasteiger partial charge is 0.252 e. The summed E-state index contributed by atoms with van der Waals surface area (Å²) in [5, 5.41) is 16.3. The summed E-state index contributed by atoms with van der Waals surface area (Å²) in [4.78, 5) is 1.09. The summed E-state index contributed by atoms with van der Waals surface area (Å²) < 4.78 is 2.79. The lowest BCUT2D eigenvalue weighted by atomic mass is 10.0. The second kappa shape index (κ2) is 7.30. The van der Waals surface area contributed by atoms with Crippen molar-refractivity contribution in [3.05, 3.63) is 91.9 Å². The van der Waals surface area contributed by atoms with Crippen molar-refractivity contribution < 1.29 is 0 Å². The summed E-state index contributed by atoms with van der Waals surface area (Å²) in [6.07, 6.45) is 0. The van der Waals surface area contributed by atoms with Crippen LogP contribution in [0.5, 0.6) is 0 Å². The van der Waals surface area contributed by atoms with Crippen molar-refractivity contribution in [3.63, 3.8) is 0 Å². The number of nitrogens with zero attached hydrogens (tertiary/aromatic N) is 5. The van der Waals surface area contributed by atoms with E-state index in [2.05, 4.69) is 22.3 Å². The molecule has 4 aromatic rings. The zero-order valence-corrected chi connectivity index (χ0v) is 17.7. The molecule has 0 spiro atoms. The van der Waals surface area contributed by atoms with Crippen molar-refractivity contribution in [2.45, 2.75) is 13.5 Å². The zero-order chi connectivity index (χ0) is 20.0. The highest BCUT2D eigenvalue weighted by Gasteiger charge is 2.26. The first-order chi connectivity index (χ1) is 14.1. The second-order valence-corrected chi connectivity index (χ2v) is 8.85. The molecule has 0 atom stereocenters. The average Bonchev–Trinajstić information content (AvgIpc) is 3.27. The first-order valence-electron chi connectivity index (χ1n) is 8.98. The molecular weight excluding hydrogens is 425 g/mol. The van der Waals surface area contributed by atoms with Crippen molar-refractivity contribution in [2.24, 2.45) is 5.10 Å². The van der Waals surface area contributed by atoms with Crippen LogP contribution < -0.4 is 5.01 Å². The molecule has 5 rings (SSSR count). The molecule has 8 heteroatoms. The van der Waals surface area contributed by atoms with Gasteiger partial charge < -0.3 is 0 Å². The third-order valence-corrected chi connectivity index (χ3v) is 6.18. The van der Waals surface area contributed by atoms with Crippen LogP contribution in [-0.2, 0) is 6.54 Å². The quantitative estimate of drug-likeness (QED) is 0.410. The maximum absolute atomic E-state index is 6.15. The minimum absolute atomic E-state index is 0.542. The number of hydrogen-bond acceptors (Lipinski definition) is 5. The van der Waals surface area contributed by atoms with Gasteiger partial charge in [-0.1, -0.05) is 53.5 Å². The van der Waals surface area contributed by atoms with Crippen molar-refractivity contribution in [1.82, 2.24) is 14.8 Å². The molecule has 3 heterocycles. The number of hydrogen-bond donors (Lipinski definition) is 0.